The maximum absolute atomic E-state index is 12.3. The normalized spacial score (nSPS) is 20.6. The van der Waals surface area contributed by atoms with E-state index >= 15 is 0 Å². The molecule has 2 atom stereocenters. The van der Waals surface area contributed by atoms with Crippen LogP contribution in [0.25, 0.3) is 0 Å². The summed E-state index contributed by atoms with van der Waals surface area (Å²) in [5, 5.41) is 14.0. The molecule has 1 aliphatic carbocycles. The van der Waals surface area contributed by atoms with Gasteiger partial charge < -0.3 is 24.7 Å². The summed E-state index contributed by atoms with van der Waals surface area (Å²) in [5.41, 5.74) is 0.858. The third-order valence-corrected chi connectivity index (χ3v) is 4.32. The number of carboxylic acid groups (broad SMARTS) is 1. The highest BCUT2D eigenvalue weighted by molar-refractivity contribution is 5.84. The van der Waals surface area contributed by atoms with E-state index in [2.05, 4.69) is 5.32 Å². The topological polar surface area (TPSA) is 87.7 Å². The summed E-state index contributed by atoms with van der Waals surface area (Å²) < 4.78 is 10.4. The predicted molar refractivity (Wildman–Crippen MR) is 81.8 cm³/mol. The van der Waals surface area contributed by atoms with E-state index in [0.717, 1.165) is 18.4 Å². The maximum Gasteiger partial charge on any atom is 0.224 e. The van der Waals surface area contributed by atoms with Crippen molar-refractivity contribution in [3.05, 3.63) is 23.8 Å². The van der Waals surface area contributed by atoms with Crippen LogP contribution in [0.2, 0.25) is 0 Å². The molecule has 0 heterocycles. The van der Waals surface area contributed by atoms with Crippen molar-refractivity contribution < 1.29 is 24.2 Å². The van der Waals surface area contributed by atoms with Crippen LogP contribution in [0.5, 0.6) is 11.5 Å². The lowest BCUT2D eigenvalue weighted by atomic mass is 9.78. The highest BCUT2D eigenvalue weighted by atomic mass is 16.5. The number of methoxy groups -OCH3 is 2. The molecular weight excluding hydrogens is 298 g/mol. The van der Waals surface area contributed by atoms with Gasteiger partial charge in [0, 0.05) is 24.3 Å². The van der Waals surface area contributed by atoms with Gasteiger partial charge in [0.05, 0.1) is 14.2 Å². The quantitative estimate of drug-likeness (QED) is 0.840. The largest absolute Gasteiger partial charge is 0.550 e. The number of hydrogen-bond donors (Lipinski definition) is 1. The number of rotatable bonds is 6. The van der Waals surface area contributed by atoms with Crippen molar-refractivity contribution in [1.29, 1.82) is 0 Å². The Morgan fingerprint density at radius 3 is 2.39 bits per heavy atom. The summed E-state index contributed by atoms with van der Waals surface area (Å²) >= 11 is 0. The van der Waals surface area contributed by atoms with Crippen molar-refractivity contribution in [2.24, 2.45) is 11.8 Å². The van der Waals surface area contributed by atoms with Crippen LogP contribution in [0.15, 0.2) is 18.2 Å². The Hall–Kier alpha value is -2.24. The molecule has 0 aromatic heterocycles. The Labute approximate surface area is 135 Å². The van der Waals surface area contributed by atoms with Gasteiger partial charge in [0.25, 0.3) is 0 Å². The molecule has 1 fully saturated rings. The fourth-order valence-electron chi connectivity index (χ4n) is 3.04. The zero-order chi connectivity index (χ0) is 16.8. The van der Waals surface area contributed by atoms with Crippen molar-refractivity contribution in [2.45, 2.75) is 32.2 Å². The van der Waals surface area contributed by atoms with E-state index in [9.17, 15) is 14.7 Å². The fourth-order valence-corrected chi connectivity index (χ4v) is 3.04. The fraction of sp³-hybridized carbons (Fsp3) is 0.529. The molecule has 2 rings (SSSR count). The molecule has 0 aliphatic heterocycles. The third kappa shape index (κ3) is 4.15. The minimum absolute atomic E-state index is 0.228. The standard InChI is InChI=1S/C17H23NO5/c1-22-14-8-7-11(9-15(14)23-2)10-18-16(19)12-5-3-4-6-13(12)17(20)21/h7-9,12-13H,3-6,10H2,1-2H3,(H,18,19)(H,20,21)/p-1/t12-,13+/m0/s1. The van der Waals surface area contributed by atoms with Gasteiger partial charge in [-0.05, 0) is 30.5 Å². The summed E-state index contributed by atoms with van der Waals surface area (Å²) in [7, 11) is 3.11. The van der Waals surface area contributed by atoms with Gasteiger partial charge >= 0.3 is 0 Å². The molecule has 0 unspecified atom stereocenters. The molecule has 1 aromatic carbocycles. The molecule has 0 saturated heterocycles. The van der Waals surface area contributed by atoms with E-state index in [-0.39, 0.29) is 5.91 Å². The molecule has 1 aromatic rings. The third-order valence-electron chi connectivity index (χ3n) is 4.32. The first-order chi connectivity index (χ1) is 11.1. The molecule has 0 spiro atoms. The SMILES string of the molecule is COc1ccc(CNC(=O)[C@H]2CCCC[C@H]2C(=O)[O-])cc1OC. The minimum atomic E-state index is -1.13. The lowest BCUT2D eigenvalue weighted by Gasteiger charge is -2.31. The van der Waals surface area contributed by atoms with Gasteiger partial charge in [-0.1, -0.05) is 18.9 Å². The van der Waals surface area contributed by atoms with Gasteiger partial charge in [0.2, 0.25) is 5.91 Å². The molecule has 1 saturated carbocycles. The first-order valence-corrected chi connectivity index (χ1v) is 7.76. The molecular formula is C17H22NO5-. The molecule has 1 aliphatic rings. The van der Waals surface area contributed by atoms with Crippen LogP contribution in [-0.2, 0) is 16.1 Å². The number of ether oxygens (including phenoxy) is 2. The second-order valence-corrected chi connectivity index (χ2v) is 5.72. The average Bonchev–Trinajstić information content (AvgIpc) is 2.59. The Kier molecular flexibility index (Phi) is 5.84. The maximum atomic E-state index is 12.3. The number of aliphatic carboxylic acids is 1. The van der Waals surface area contributed by atoms with E-state index in [1.807, 2.05) is 6.07 Å². The van der Waals surface area contributed by atoms with Crippen LogP contribution in [-0.4, -0.2) is 26.1 Å². The van der Waals surface area contributed by atoms with Crippen LogP contribution < -0.4 is 19.9 Å². The minimum Gasteiger partial charge on any atom is -0.550 e. The van der Waals surface area contributed by atoms with Crippen LogP contribution in [0.1, 0.15) is 31.2 Å². The van der Waals surface area contributed by atoms with Crippen LogP contribution >= 0.6 is 0 Å². The van der Waals surface area contributed by atoms with Crippen LogP contribution in [0.3, 0.4) is 0 Å². The molecule has 6 nitrogen and oxygen atoms in total. The van der Waals surface area contributed by atoms with Crippen molar-refractivity contribution in [1.82, 2.24) is 5.32 Å². The number of carbonyl (C=O) groups is 2. The van der Waals surface area contributed by atoms with E-state index < -0.39 is 17.8 Å². The Morgan fingerprint density at radius 1 is 1.13 bits per heavy atom. The second kappa shape index (κ2) is 7.85. The average molecular weight is 320 g/mol. The van der Waals surface area contributed by atoms with E-state index in [1.54, 1.807) is 26.4 Å². The van der Waals surface area contributed by atoms with Gasteiger partial charge in [-0.2, -0.15) is 0 Å². The Morgan fingerprint density at radius 2 is 1.78 bits per heavy atom. The zero-order valence-electron chi connectivity index (χ0n) is 13.5. The highest BCUT2D eigenvalue weighted by Crippen LogP contribution is 2.30. The molecule has 0 bridgehead atoms. The monoisotopic (exact) mass is 320 g/mol. The number of amides is 1. The van der Waals surface area contributed by atoms with Crippen molar-refractivity contribution in [3.63, 3.8) is 0 Å². The van der Waals surface area contributed by atoms with Gasteiger partial charge in [-0.3, -0.25) is 4.79 Å². The van der Waals surface area contributed by atoms with Crippen LogP contribution in [0, 0.1) is 11.8 Å². The number of carboxylic acids is 1. The lowest BCUT2D eigenvalue weighted by molar-refractivity contribution is -0.314. The van der Waals surface area contributed by atoms with Crippen molar-refractivity contribution in [2.75, 3.05) is 14.2 Å². The highest BCUT2D eigenvalue weighted by Gasteiger charge is 2.31. The number of benzene rings is 1. The summed E-state index contributed by atoms with van der Waals surface area (Å²) in [6.45, 7) is 0.315. The van der Waals surface area contributed by atoms with E-state index in [0.29, 0.717) is 30.9 Å². The number of nitrogens with one attached hydrogen (secondary N) is 1. The second-order valence-electron chi connectivity index (χ2n) is 5.72. The number of hydrogen-bond acceptors (Lipinski definition) is 5. The molecule has 23 heavy (non-hydrogen) atoms. The van der Waals surface area contributed by atoms with E-state index in [4.69, 9.17) is 9.47 Å². The smallest absolute Gasteiger partial charge is 0.224 e. The Balaban J connectivity index is 1.99. The first-order valence-electron chi connectivity index (χ1n) is 7.76. The predicted octanol–water partition coefficient (Wildman–Crippen LogP) is 0.876. The molecule has 126 valence electrons. The summed E-state index contributed by atoms with van der Waals surface area (Å²) in [6.07, 6.45) is 2.81. The van der Waals surface area contributed by atoms with Crippen molar-refractivity contribution in [3.8, 4) is 11.5 Å². The first kappa shape index (κ1) is 17.1. The molecule has 1 N–H and O–H groups in total. The number of carbonyl (C=O) groups excluding carboxylic acids is 2. The lowest BCUT2D eigenvalue weighted by Crippen LogP contribution is -2.44. The van der Waals surface area contributed by atoms with Crippen molar-refractivity contribution >= 4 is 11.9 Å². The molecule has 1 amide bonds. The van der Waals surface area contributed by atoms with Gasteiger partial charge in [0.1, 0.15) is 0 Å². The summed E-state index contributed by atoms with van der Waals surface area (Å²) in [6, 6.07) is 5.39. The van der Waals surface area contributed by atoms with Gasteiger partial charge in [0.15, 0.2) is 11.5 Å². The van der Waals surface area contributed by atoms with Gasteiger partial charge in [-0.15, -0.1) is 0 Å². The Bertz CT molecular complexity index is 572. The van der Waals surface area contributed by atoms with Gasteiger partial charge in [-0.25, -0.2) is 0 Å². The zero-order valence-corrected chi connectivity index (χ0v) is 13.5. The summed E-state index contributed by atoms with van der Waals surface area (Å²) in [5.74, 6) is -1.34. The van der Waals surface area contributed by atoms with Crippen LogP contribution in [0.4, 0.5) is 0 Å². The van der Waals surface area contributed by atoms with E-state index in [1.165, 1.54) is 0 Å². The molecule has 6 heteroatoms. The molecule has 0 radical (unpaired) electrons. The summed E-state index contributed by atoms with van der Waals surface area (Å²) in [4.78, 5) is 23.5.